The normalized spacial score (nSPS) is 12.0. The first kappa shape index (κ1) is 20.3. The number of ether oxygens (including phenoxy) is 1. The first-order valence-electron chi connectivity index (χ1n) is 8.19. The van der Waals surface area contributed by atoms with Crippen molar-refractivity contribution < 1.29 is 14.1 Å². The molecule has 0 radical (unpaired) electrons. The van der Waals surface area contributed by atoms with E-state index < -0.39 is 5.25 Å². The number of benzene rings is 2. The second-order valence-electron chi connectivity index (χ2n) is 5.85. The second kappa shape index (κ2) is 8.70. The van der Waals surface area contributed by atoms with E-state index in [1.165, 1.54) is 31.0 Å². The van der Waals surface area contributed by atoms with Crippen LogP contribution in [0, 0.1) is 22.9 Å². The zero-order valence-electron chi connectivity index (χ0n) is 15.0. The monoisotopic (exact) mass is 466 g/mol. The van der Waals surface area contributed by atoms with Gasteiger partial charge in [-0.25, -0.2) is 4.39 Å². The Morgan fingerprint density at radius 3 is 2.64 bits per heavy atom. The Kier molecular flexibility index (Phi) is 6.30. The summed E-state index contributed by atoms with van der Waals surface area (Å²) in [6.07, 6.45) is 0. The number of aromatic nitrogens is 3. The molecule has 0 bridgehead atoms. The molecule has 1 atom stereocenters. The third-order valence-electron chi connectivity index (χ3n) is 3.98. The van der Waals surface area contributed by atoms with Gasteiger partial charge in [0.1, 0.15) is 22.6 Å². The summed E-state index contributed by atoms with van der Waals surface area (Å²) in [7, 11) is 1.52. The highest BCUT2D eigenvalue weighted by molar-refractivity contribution is 9.10. The van der Waals surface area contributed by atoms with Crippen molar-refractivity contribution in [3.05, 3.63) is 74.3 Å². The average molecular weight is 467 g/mol. The third kappa shape index (κ3) is 4.50. The molecule has 0 amide bonds. The highest BCUT2D eigenvalue weighted by Crippen LogP contribution is 2.40. The van der Waals surface area contributed by atoms with Gasteiger partial charge >= 0.3 is 0 Å². The lowest BCUT2D eigenvalue weighted by molar-refractivity contribution is -0.479. The van der Waals surface area contributed by atoms with E-state index in [1.807, 2.05) is 0 Å². The quantitative estimate of drug-likeness (QED) is 0.287. The van der Waals surface area contributed by atoms with E-state index in [2.05, 4.69) is 26.1 Å². The van der Waals surface area contributed by atoms with Gasteiger partial charge in [0.15, 0.2) is 5.16 Å². The van der Waals surface area contributed by atoms with Crippen LogP contribution >= 0.6 is 27.7 Å². The van der Waals surface area contributed by atoms with Crippen molar-refractivity contribution in [1.29, 1.82) is 0 Å². The van der Waals surface area contributed by atoms with E-state index in [1.54, 1.807) is 41.8 Å². The number of thioether (sulfide) groups is 1. The van der Waals surface area contributed by atoms with Crippen molar-refractivity contribution in [1.82, 2.24) is 14.8 Å². The van der Waals surface area contributed by atoms with E-state index in [0.717, 1.165) is 4.47 Å². The van der Waals surface area contributed by atoms with Crippen LogP contribution in [0.15, 0.2) is 52.1 Å². The van der Waals surface area contributed by atoms with Gasteiger partial charge in [0.2, 0.25) is 6.54 Å². The van der Waals surface area contributed by atoms with Crippen molar-refractivity contribution in [3.8, 4) is 11.4 Å². The molecule has 1 aromatic heterocycles. The summed E-state index contributed by atoms with van der Waals surface area (Å²) in [6, 6.07) is 11.3. The third-order valence-corrected chi connectivity index (χ3v) is 5.64. The number of hydrogen-bond donors (Lipinski definition) is 0. The minimum absolute atomic E-state index is 0.327. The number of hydrogen-bond acceptors (Lipinski definition) is 6. The van der Waals surface area contributed by atoms with Gasteiger partial charge in [0, 0.05) is 20.6 Å². The largest absolute Gasteiger partial charge is 0.496 e. The smallest absolute Gasteiger partial charge is 0.220 e. The fraction of sp³-hybridized carbons (Fsp3) is 0.222. The predicted molar refractivity (Wildman–Crippen MR) is 107 cm³/mol. The summed E-state index contributed by atoms with van der Waals surface area (Å²) in [6.45, 7) is 1.44. The van der Waals surface area contributed by atoms with Crippen molar-refractivity contribution >= 4 is 27.7 Å². The molecule has 0 spiro atoms. The first-order valence-corrected chi connectivity index (χ1v) is 9.86. The molecule has 3 aromatic rings. The Morgan fingerprint density at radius 2 is 2.00 bits per heavy atom. The van der Waals surface area contributed by atoms with Gasteiger partial charge in [0.05, 0.1) is 7.11 Å². The van der Waals surface area contributed by atoms with Crippen LogP contribution in [0.5, 0.6) is 5.75 Å². The second-order valence-corrected chi connectivity index (χ2v) is 7.94. The lowest BCUT2D eigenvalue weighted by Crippen LogP contribution is -2.12. The van der Waals surface area contributed by atoms with Crippen molar-refractivity contribution in [2.45, 2.75) is 17.3 Å². The van der Waals surface area contributed by atoms with Gasteiger partial charge in [-0.05, 0) is 49.4 Å². The molecule has 0 unspecified atom stereocenters. The SMILES string of the molecule is COc1ccc(Br)cc1[C@H](C[N+](=O)[O-])Sc1nnc(C)n1-c1ccc(F)cc1. The van der Waals surface area contributed by atoms with Crippen LogP contribution in [0.25, 0.3) is 5.69 Å². The van der Waals surface area contributed by atoms with Gasteiger partial charge in [-0.3, -0.25) is 14.7 Å². The summed E-state index contributed by atoms with van der Waals surface area (Å²) in [5.74, 6) is 0.788. The van der Waals surface area contributed by atoms with Crippen molar-refractivity contribution in [2.75, 3.05) is 13.7 Å². The molecule has 7 nitrogen and oxygen atoms in total. The molecule has 0 aliphatic rings. The van der Waals surface area contributed by atoms with Crippen LogP contribution in [-0.4, -0.2) is 33.3 Å². The standard InChI is InChI=1S/C18H16BrFN4O3S/c1-11-21-22-18(24(11)14-6-4-13(20)5-7-14)28-17(10-23(25)26)15-9-12(19)3-8-16(15)27-2/h3-9,17H,10H2,1-2H3/t17-/m0/s1. The lowest BCUT2D eigenvalue weighted by atomic mass is 10.1. The highest BCUT2D eigenvalue weighted by atomic mass is 79.9. The number of nitrogens with zero attached hydrogens (tertiary/aromatic N) is 4. The predicted octanol–water partition coefficient (Wildman–Crippen LogP) is 4.60. The summed E-state index contributed by atoms with van der Waals surface area (Å²) in [5.41, 5.74) is 1.34. The molecule has 28 heavy (non-hydrogen) atoms. The van der Waals surface area contributed by atoms with Crippen LogP contribution in [0.3, 0.4) is 0 Å². The maximum absolute atomic E-state index is 13.3. The van der Waals surface area contributed by atoms with Crippen LogP contribution < -0.4 is 4.74 Å². The number of methoxy groups -OCH3 is 1. The number of nitro groups is 1. The minimum Gasteiger partial charge on any atom is -0.496 e. The lowest BCUT2D eigenvalue weighted by Gasteiger charge is -2.17. The molecule has 0 saturated carbocycles. The van der Waals surface area contributed by atoms with Crippen LogP contribution in [0.4, 0.5) is 4.39 Å². The molecule has 0 N–H and O–H groups in total. The van der Waals surface area contributed by atoms with Crippen LogP contribution in [0.2, 0.25) is 0 Å². The molecular weight excluding hydrogens is 451 g/mol. The summed E-state index contributed by atoms with van der Waals surface area (Å²) in [5, 5.41) is 19.5. The van der Waals surface area contributed by atoms with E-state index in [-0.39, 0.29) is 17.3 Å². The average Bonchev–Trinajstić information content (AvgIpc) is 3.02. The van der Waals surface area contributed by atoms with Gasteiger partial charge in [-0.1, -0.05) is 27.7 Å². The van der Waals surface area contributed by atoms with Gasteiger partial charge < -0.3 is 4.74 Å². The highest BCUT2D eigenvalue weighted by Gasteiger charge is 2.26. The number of halogens is 2. The Labute approximate surface area is 173 Å². The van der Waals surface area contributed by atoms with E-state index >= 15 is 0 Å². The van der Waals surface area contributed by atoms with Crippen LogP contribution in [0.1, 0.15) is 16.6 Å². The van der Waals surface area contributed by atoms with E-state index in [4.69, 9.17) is 4.74 Å². The maximum atomic E-state index is 13.3. The molecule has 1 heterocycles. The Hall–Kier alpha value is -2.46. The molecule has 10 heteroatoms. The zero-order chi connectivity index (χ0) is 20.3. The minimum atomic E-state index is -0.565. The van der Waals surface area contributed by atoms with E-state index in [9.17, 15) is 14.5 Å². The molecule has 0 aliphatic heterocycles. The Morgan fingerprint density at radius 1 is 1.29 bits per heavy atom. The Balaban J connectivity index is 2.03. The van der Waals surface area contributed by atoms with Crippen molar-refractivity contribution in [3.63, 3.8) is 0 Å². The van der Waals surface area contributed by atoms with Gasteiger partial charge in [-0.15, -0.1) is 10.2 Å². The molecule has 3 rings (SSSR count). The van der Waals surface area contributed by atoms with E-state index in [0.29, 0.717) is 28.0 Å². The van der Waals surface area contributed by atoms with Crippen molar-refractivity contribution in [2.24, 2.45) is 0 Å². The Bertz CT molecular complexity index is 997. The van der Waals surface area contributed by atoms with Crippen LogP contribution in [-0.2, 0) is 0 Å². The zero-order valence-corrected chi connectivity index (χ0v) is 17.4. The van der Waals surface area contributed by atoms with Gasteiger partial charge in [-0.2, -0.15) is 0 Å². The molecule has 0 saturated heterocycles. The topological polar surface area (TPSA) is 83.1 Å². The fourth-order valence-corrected chi connectivity index (χ4v) is 4.30. The number of aryl methyl sites for hydroxylation is 1. The molecule has 146 valence electrons. The molecular formula is C18H16BrFN4O3S. The molecule has 0 aliphatic carbocycles. The summed E-state index contributed by atoms with van der Waals surface area (Å²) < 4.78 is 21.2. The fourth-order valence-electron chi connectivity index (χ4n) is 2.73. The first-order chi connectivity index (χ1) is 13.4. The summed E-state index contributed by atoms with van der Waals surface area (Å²) >= 11 is 4.61. The summed E-state index contributed by atoms with van der Waals surface area (Å²) in [4.78, 5) is 10.9. The molecule has 2 aromatic carbocycles. The number of rotatable bonds is 7. The maximum Gasteiger partial charge on any atom is 0.220 e. The van der Waals surface area contributed by atoms with Gasteiger partial charge in [0.25, 0.3) is 0 Å². The molecule has 0 fully saturated rings.